The Kier molecular flexibility index (Phi) is 7.94. The molecule has 2 atom stereocenters. The number of halogens is 3. The molecule has 0 aliphatic heterocycles. The van der Waals surface area contributed by atoms with Gasteiger partial charge in [0.05, 0.1) is 22.9 Å². The quantitative estimate of drug-likeness (QED) is 0.316. The molecule has 13 heteroatoms. The lowest BCUT2D eigenvalue weighted by Gasteiger charge is -2.18. The van der Waals surface area contributed by atoms with E-state index in [4.69, 9.17) is 4.74 Å². The van der Waals surface area contributed by atoms with Gasteiger partial charge in [0.1, 0.15) is 11.6 Å². The van der Waals surface area contributed by atoms with Gasteiger partial charge < -0.3 is 14.6 Å². The van der Waals surface area contributed by atoms with Crippen molar-refractivity contribution in [2.24, 2.45) is 0 Å². The number of rotatable bonds is 9. The van der Waals surface area contributed by atoms with Crippen LogP contribution in [0.5, 0.6) is 10.9 Å². The number of benzene rings is 1. The summed E-state index contributed by atoms with van der Waals surface area (Å²) in [5.41, 5.74) is 0.477. The first-order chi connectivity index (χ1) is 17.7. The Morgan fingerprint density at radius 2 is 1.92 bits per heavy atom. The number of ether oxygens (including phenoxy) is 2. The molecule has 1 amide bonds. The van der Waals surface area contributed by atoms with Crippen LogP contribution in [0.2, 0.25) is 0 Å². The van der Waals surface area contributed by atoms with Crippen molar-refractivity contribution in [2.45, 2.75) is 32.7 Å². The number of aromatic nitrogens is 4. The normalized spacial score (nSPS) is 12.7. The molecule has 1 aromatic carbocycles. The smallest absolute Gasteiger partial charge is 0.387 e. The number of aliphatic hydroxyl groups excluding tert-OH is 1. The number of nitrogens with zero attached hydrogens (tertiary/aromatic N) is 4. The summed E-state index contributed by atoms with van der Waals surface area (Å²) in [6.07, 6.45) is 0.991. The van der Waals surface area contributed by atoms with Crippen molar-refractivity contribution in [3.8, 4) is 22.1 Å². The SMILES string of the molecule is Cc1cc(-c2c(F)cccc2OC(F)F)c(C(=O)Nc2nnc(O[C@H](c3ccccn3)C(C)O)s2)cn1. The van der Waals surface area contributed by atoms with Gasteiger partial charge in [-0.15, -0.1) is 5.10 Å². The van der Waals surface area contributed by atoms with Crippen molar-refractivity contribution in [2.75, 3.05) is 5.32 Å². The monoisotopic (exact) mass is 531 g/mol. The highest BCUT2D eigenvalue weighted by Crippen LogP contribution is 2.36. The number of hydrogen-bond donors (Lipinski definition) is 2. The third-order valence-electron chi connectivity index (χ3n) is 5.02. The molecular formula is C24H20F3N5O4S. The van der Waals surface area contributed by atoms with Crippen molar-refractivity contribution in [3.05, 3.63) is 77.6 Å². The number of hydrogen-bond acceptors (Lipinski definition) is 9. The molecular weight excluding hydrogens is 511 g/mol. The van der Waals surface area contributed by atoms with E-state index in [0.717, 1.165) is 17.4 Å². The van der Waals surface area contributed by atoms with Crippen molar-refractivity contribution in [3.63, 3.8) is 0 Å². The lowest BCUT2D eigenvalue weighted by atomic mass is 9.98. The maximum atomic E-state index is 14.8. The minimum absolute atomic E-state index is 0.00376. The average molecular weight is 532 g/mol. The van der Waals surface area contributed by atoms with Gasteiger partial charge in [-0.3, -0.25) is 20.1 Å². The van der Waals surface area contributed by atoms with E-state index in [0.29, 0.717) is 11.4 Å². The lowest BCUT2D eigenvalue weighted by molar-refractivity contribution is -0.0495. The number of anilines is 1. The van der Waals surface area contributed by atoms with E-state index in [2.05, 4.69) is 30.2 Å². The standard InChI is InChI=1S/C24H20F3N5O4S/c1-12-10-14(19-16(25)6-5-8-18(19)35-22(26)27)15(11-29-12)21(34)30-23-31-32-24(37-23)36-20(13(2)33)17-7-3-4-9-28-17/h3-11,13,20,22,33H,1-2H3,(H,30,31,34)/t13?,20-/m0/s1. The zero-order valence-electron chi connectivity index (χ0n) is 19.4. The summed E-state index contributed by atoms with van der Waals surface area (Å²) in [7, 11) is 0. The molecule has 0 radical (unpaired) electrons. The van der Waals surface area contributed by atoms with Gasteiger partial charge in [-0.1, -0.05) is 17.2 Å². The number of pyridine rings is 2. The second-order valence-electron chi connectivity index (χ2n) is 7.72. The van der Waals surface area contributed by atoms with Gasteiger partial charge >= 0.3 is 6.61 Å². The number of nitrogens with one attached hydrogen (secondary N) is 1. The molecule has 37 heavy (non-hydrogen) atoms. The Morgan fingerprint density at radius 3 is 2.62 bits per heavy atom. The highest BCUT2D eigenvalue weighted by molar-refractivity contribution is 7.17. The molecule has 4 aromatic rings. The highest BCUT2D eigenvalue weighted by atomic mass is 32.1. The van der Waals surface area contributed by atoms with Crippen LogP contribution in [0.4, 0.5) is 18.3 Å². The highest BCUT2D eigenvalue weighted by Gasteiger charge is 2.25. The number of carbonyl (C=O) groups excluding carboxylic acids is 1. The third kappa shape index (κ3) is 6.19. The van der Waals surface area contributed by atoms with Gasteiger partial charge in [0.15, 0.2) is 6.10 Å². The van der Waals surface area contributed by atoms with Crippen LogP contribution in [-0.2, 0) is 0 Å². The molecule has 0 bridgehead atoms. The van der Waals surface area contributed by atoms with E-state index in [1.54, 1.807) is 31.3 Å². The largest absolute Gasteiger partial charge is 0.456 e. The van der Waals surface area contributed by atoms with E-state index >= 15 is 0 Å². The molecule has 0 fully saturated rings. The number of alkyl halides is 2. The summed E-state index contributed by atoms with van der Waals surface area (Å²) in [6.45, 7) is -0.0603. The van der Waals surface area contributed by atoms with Gasteiger partial charge in [-0.25, -0.2) is 4.39 Å². The van der Waals surface area contributed by atoms with Crippen molar-refractivity contribution in [1.29, 1.82) is 0 Å². The number of aliphatic hydroxyl groups is 1. The van der Waals surface area contributed by atoms with Gasteiger partial charge in [-0.2, -0.15) is 8.78 Å². The molecule has 0 saturated carbocycles. The fraction of sp³-hybridized carbons (Fsp3) is 0.208. The van der Waals surface area contributed by atoms with E-state index in [9.17, 15) is 23.1 Å². The summed E-state index contributed by atoms with van der Waals surface area (Å²) >= 11 is 0.882. The van der Waals surface area contributed by atoms with Crippen LogP contribution in [-0.4, -0.2) is 43.9 Å². The van der Waals surface area contributed by atoms with Crippen molar-refractivity contribution < 1.29 is 32.5 Å². The summed E-state index contributed by atoms with van der Waals surface area (Å²) in [6, 6.07) is 10.0. The zero-order chi connectivity index (χ0) is 26.5. The fourth-order valence-electron chi connectivity index (χ4n) is 3.44. The first kappa shape index (κ1) is 26.0. The first-order valence-corrected chi connectivity index (χ1v) is 11.7. The number of amides is 1. The molecule has 0 saturated heterocycles. The van der Waals surface area contributed by atoms with Crippen LogP contribution in [0.25, 0.3) is 11.1 Å². The first-order valence-electron chi connectivity index (χ1n) is 10.8. The second-order valence-corrected chi connectivity index (χ2v) is 8.66. The topological polar surface area (TPSA) is 119 Å². The van der Waals surface area contributed by atoms with Gasteiger partial charge in [-0.05, 0) is 55.5 Å². The summed E-state index contributed by atoms with van der Waals surface area (Å²) < 4.78 is 50.9. The summed E-state index contributed by atoms with van der Waals surface area (Å²) in [4.78, 5) is 21.4. The van der Waals surface area contributed by atoms with E-state index in [1.807, 2.05) is 0 Å². The molecule has 192 valence electrons. The van der Waals surface area contributed by atoms with E-state index < -0.39 is 36.3 Å². The van der Waals surface area contributed by atoms with Gasteiger partial charge in [0.25, 0.3) is 11.1 Å². The van der Waals surface area contributed by atoms with Crippen LogP contribution >= 0.6 is 11.3 Å². The third-order valence-corrected chi connectivity index (χ3v) is 5.75. The Balaban J connectivity index is 1.60. The summed E-state index contributed by atoms with van der Waals surface area (Å²) in [5, 5.41) is 20.5. The minimum atomic E-state index is -3.20. The van der Waals surface area contributed by atoms with Crippen molar-refractivity contribution in [1.82, 2.24) is 20.2 Å². The Bertz CT molecular complexity index is 1390. The number of carbonyl (C=O) groups is 1. The van der Waals surface area contributed by atoms with Crippen LogP contribution in [0.15, 0.2) is 54.9 Å². The zero-order valence-corrected chi connectivity index (χ0v) is 20.2. The van der Waals surface area contributed by atoms with Crippen LogP contribution < -0.4 is 14.8 Å². The fourth-order valence-corrected chi connectivity index (χ4v) is 4.06. The summed E-state index contributed by atoms with van der Waals surface area (Å²) in [5.74, 6) is -2.03. The van der Waals surface area contributed by atoms with E-state index in [-0.39, 0.29) is 27.0 Å². The predicted octanol–water partition coefficient (Wildman–Crippen LogP) is 4.80. The molecule has 0 spiro atoms. The molecule has 0 aliphatic rings. The number of aryl methyl sites for hydroxylation is 1. The molecule has 9 nitrogen and oxygen atoms in total. The molecule has 0 aliphatic carbocycles. The van der Waals surface area contributed by atoms with Crippen LogP contribution in [0.3, 0.4) is 0 Å². The molecule has 3 heterocycles. The molecule has 1 unspecified atom stereocenters. The van der Waals surface area contributed by atoms with Gasteiger partial charge in [0, 0.05) is 23.7 Å². The lowest BCUT2D eigenvalue weighted by Crippen LogP contribution is -2.21. The predicted molar refractivity (Wildman–Crippen MR) is 128 cm³/mol. The van der Waals surface area contributed by atoms with Crippen LogP contribution in [0.1, 0.15) is 34.8 Å². The van der Waals surface area contributed by atoms with Crippen molar-refractivity contribution >= 4 is 22.4 Å². The molecule has 4 rings (SSSR count). The maximum Gasteiger partial charge on any atom is 0.387 e. The maximum absolute atomic E-state index is 14.8. The van der Waals surface area contributed by atoms with Crippen LogP contribution in [0, 0.1) is 12.7 Å². The van der Waals surface area contributed by atoms with Gasteiger partial charge in [0.2, 0.25) is 5.13 Å². The minimum Gasteiger partial charge on any atom is -0.456 e. The Labute approximate surface area is 213 Å². The Hall–Kier alpha value is -4.10. The second kappa shape index (κ2) is 11.3. The molecule has 3 aromatic heterocycles. The Morgan fingerprint density at radius 1 is 1.11 bits per heavy atom. The average Bonchev–Trinajstić information content (AvgIpc) is 3.29. The van der Waals surface area contributed by atoms with E-state index in [1.165, 1.54) is 31.3 Å². The molecule has 2 N–H and O–H groups in total.